The fourth-order valence-electron chi connectivity index (χ4n) is 1.97. The number of nitrogens with two attached hydrogens (primary N) is 1. The standard InChI is InChI=1S/C12H12N4S/c1-2-16-11(8-5-7-17-10(8)13)15-9-4-3-6-14-12(9)16/h3-7H,2,13H2,1H3. The predicted octanol–water partition coefficient (Wildman–Crippen LogP) is 2.76. The van der Waals surface area contributed by atoms with E-state index in [1.165, 1.54) is 11.3 Å². The first kappa shape index (κ1) is 10.3. The highest BCUT2D eigenvalue weighted by atomic mass is 32.1. The van der Waals surface area contributed by atoms with E-state index in [2.05, 4.69) is 21.5 Å². The van der Waals surface area contributed by atoms with E-state index in [-0.39, 0.29) is 0 Å². The molecule has 0 saturated heterocycles. The molecule has 0 radical (unpaired) electrons. The number of hydrogen-bond donors (Lipinski definition) is 1. The molecule has 0 aliphatic rings. The van der Waals surface area contributed by atoms with Gasteiger partial charge in [-0.05, 0) is 30.5 Å². The maximum Gasteiger partial charge on any atom is 0.160 e. The predicted molar refractivity (Wildman–Crippen MR) is 70.9 cm³/mol. The van der Waals surface area contributed by atoms with Crippen LogP contribution < -0.4 is 5.73 Å². The molecule has 0 saturated carbocycles. The zero-order valence-electron chi connectivity index (χ0n) is 9.42. The van der Waals surface area contributed by atoms with Gasteiger partial charge in [0.05, 0.1) is 10.6 Å². The minimum absolute atomic E-state index is 0.801. The fourth-order valence-corrected chi connectivity index (χ4v) is 2.61. The monoisotopic (exact) mass is 244 g/mol. The van der Waals surface area contributed by atoms with E-state index in [1.54, 1.807) is 6.20 Å². The van der Waals surface area contributed by atoms with Crippen molar-refractivity contribution >= 4 is 27.5 Å². The van der Waals surface area contributed by atoms with Gasteiger partial charge >= 0.3 is 0 Å². The lowest BCUT2D eigenvalue weighted by Gasteiger charge is -2.04. The molecule has 3 rings (SSSR count). The van der Waals surface area contributed by atoms with Crippen LogP contribution in [-0.2, 0) is 6.54 Å². The molecule has 3 heterocycles. The second-order valence-electron chi connectivity index (χ2n) is 3.72. The summed E-state index contributed by atoms with van der Waals surface area (Å²) in [5.41, 5.74) is 8.78. The number of nitrogens with zero attached hydrogens (tertiary/aromatic N) is 3. The van der Waals surface area contributed by atoms with Gasteiger partial charge in [0.15, 0.2) is 5.65 Å². The number of nitrogen functional groups attached to an aromatic ring is 1. The number of anilines is 1. The Bertz CT molecular complexity index is 668. The molecular weight excluding hydrogens is 232 g/mol. The Balaban J connectivity index is 2.33. The third-order valence-corrected chi connectivity index (χ3v) is 3.50. The van der Waals surface area contributed by atoms with Crippen molar-refractivity contribution in [1.82, 2.24) is 14.5 Å². The first-order valence-electron chi connectivity index (χ1n) is 5.46. The molecule has 0 fully saturated rings. The summed E-state index contributed by atoms with van der Waals surface area (Å²) in [6.07, 6.45) is 1.79. The minimum atomic E-state index is 0.801. The number of aromatic nitrogens is 3. The van der Waals surface area contributed by atoms with E-state index in [1.807, 2.05) is 23.6 Å². The average Bonchev–Trinajstić information content (AvgIpc) is 2.91. The zero-order valence-corrected chi connectivity index (χ0v) is 10.2. The van der Waals surface area contributed by atoms with Crippen LogP contribution in [0.4, 0.5) is 5.00 Å². The van der Waals surface area contributed by atoms with Crippen LogP contribution in [0.15, 0.2) is 29.8 Å². The molecule has 17 heavy (non-hydrogen) atoms. The third-order valence-electron chi connectivity index (χ3n) is 2.76. The van der Waals surface area contributed by atoms with E-state index < -0.39 is 0 Å². The van der Waals surface area contributed by atoms with Crippen LogP contribution >= 0.6 is 11.3 Å². The molecule has 0 unspecified atom stereocenters. The van der Waals surface area contributed by atoms with Crippen LogP contribution in [0.25, 0.3) is 22.6 Å². The Hall–Kier alpha value is -1.88. The Morgan fingerprint density at radius 1 is 1.41 bits per heavy atom. The summed E-state index contributed by atoms with van der Waals surface area (Å²) >= 11 is 1.53. The van der Waals surface area contributed by atoms with Crippen molar-refractivity contribution in [3.05, 3.63) is 29.8 Å². The molecule has 4 nitrogen and oxygen atoms in total. The maximum atomic E-state index is 5.96. The maximum absolute atomic E-state index is 5.96. The second-order valence-corrected chi connectivity index (χ2v) is 4.67. The molecule has 0 bridgehead atoms. The lowest BCUT2D eigenvalue weighted by molar-refractivity contribution is 0.788. The zero-order chi connectivity index (χ0) is 11.8. The molecule has 5 heteroatoms. The number of pyridine rings is 1. The molecule has 0 spiro atoms. The molecular formula is C12H12N4S. The van der Waals surface area contributed by atoms with Crippen molar-refractivity contribution in [3.63, 3.8) is 0 Å². The SMILES string of the molecule is CCn1c(-c2ccsc2N)nc2cccnc21. The molecule has 3 aromatic rings. The van der Waals surface area contributed by atoms with Gasteiger partial charge in [0.2, 0.25) is 0 Å². The van der Waals surface area contributed by atoms with E-state index in [9.17, 15) is 0 Å². The van der Waals surface area contributed by atoms with E-state index in [0.717, 1.165) is 34.1 Å². The van der Waals surface area contributed by atoms with Crippen LogP contribution in [-0.4, -0.2) is 14.5 Å². The molecule has 0 aliphatic carbocycles. The van der Waals surface area contributed by atoms with Crippen molar-refractivity contribution in [2.75, 3.05) is 5.73 Å². The lowest BCUT2D eigenvalue weighted by atomic mass is 10.3. The first-order chi connectivity index (χ1) is 8.31. The Morgan fingerprint density at radius 3 is 3.00 bits per heavy atom. The lowest BCUT2D eigenvalue weighted by Crippen LogP contribution is -1.99. The molecule has 0 aliphatic heterocycles. The van der Waals surface area contributed by atoms with Gasteiger partial charge < -0.3 is 10.3 Å². The summed E-state index contributed by atoms with van der Waals surface area (Å²) in [4.78, 5) is 8.99. The van der Waals surface area contributed by atoms with Gasteiger partial charge in [-0.1, -0.05) is 0 Å². The fraction of sp³-hybridized carbons (Fsp3) is 0.167. The molecule has 0 atom stereocenters. The van der Waals surface area contributed by atoms with Crippen molar-refractivity contribution in [2.45, 2.75) is 13.5 Å². The summed E-state index contributed by atoms with van der Waals surface area (Å²) in [6, 6.07) is 5.88. The Labute approximate surface area is 103 Å². The van der Waals surface area contributed by atoms with Gasteiger partial charge in [0.25, 0.3) is 0 Å². The smallest absolute Gasteiger partial charge is 0.160 e. The quantitative estimate of drug-likeness (QED) is 0.754. The van der Waals surface area contributed by atoms with Gasteiger partial charge in [0.1, 0.15) is 11.3 Å². The van der Waals surface area contributed by atoms with Gasteiger partial charge in [-0.3, -0.25) is 0 Å². The van der Waals surface area contributed by atoms with Gasteiger partial charge in [-0.15, -0.1) is 11.3 Å². The van der Waals surface area contributed by atoms with Crippen molar-refractivity contribution in [3.8, 4) is 11.4 Å². The largest absolute Gasteiger partial charge is 0.390 e. The van der Waals surface area contributed by atoms with E-state index >= 15 is 0 Å². The van der Waals surface area contributed by atoms with Gasteiger partial charge in [-0.25, -0.2) is 9.97 Å². The second kappa shape index (κ2) is 3.85. The molecule has 86 valence electrons. The first-order valence-corrected chi connectivity index (χ1v) is 6.34. The summed E-state index contributed by atoms with van der Waals surface area (Å²) in [5.74, 6) is 0.903. The van der Waals surface area contributed by atoms with Crippen LogP contribution in [0.1, 0.15) is 6.92 Å². The van der Waals surface area contributed by atoms with E-state index in [4.69, 9.17) is 5.73 Å². The molecule has 0 aromatic carbocycles. The van der Waals surface area contributed by atoms with Crippen LogP contribution in [0, 0.1) is 0 Å². The van der Waals surface area contributed by atoms with Crippen molar-refractivity contribution in [2.24, 2.45) is 0 Å². The Kier molecular flexibility index (Phi) is 2.33. The number of imidazole rings is 1. The van der Waals surface area contributed by atoms with Crippen molar-refractivity contribution in [1.29, 1.82) is 0 Å². The minimum Gasteiger partial charge on any atom is -0.390 e. The van der Waals surface area contributed by atoms with Crippen LogP contribution in [0.5, 0.6) is 0 Å². The molecule has 3 aromatic heterocycles. The summed E-state index contributed by atoms with van der Waals surface area (Å²) < 4.78 is 2.09. The van der Waals surface area contributed by atoms with Gasteiger partial charge in [-0.2, -0.15) is 0 Å². The average molecular weight is 244 g/mol. The number of hydrogen-bond acceptors (Lipinski definition) is 4. The summed E-state index contributed by atoms with van der Waals surface area (Å²) in [7, 11) is 0. The highest BCUT2D eigenvalue weighted by molar-refractivity contribution is 7.14. The highest BCUT2D eigenvalue weighted by Crippen LogP contribution is 2.31. The topological polar surface area (TPSA) is 56.7 Å². The normalized spacial score (nSPS) is 11.1. The summed E-state index contributed by atoms with van der Waals surface area (Å²) in [5, 5.41) is 2.78. The number of fused-ring (bicyclic) bond motifs is 1. The third kappa shape index (κ3) is 1.51. The number of thiophene rings is 1. The Morgan fingerprint density at radius 2 is 2.29 bits per heavy atom. The number of rotatable bonds is 2. The van der Waals surface area contributed by atoms with Gasteiger partial charge in [0, 0.05) is 12.7 Å². The molecule has 0 amide bonds. The summed E-state index contributed by atoms with van der Waals surface area (Å²) in [6.45, 7) is 2.92. The van der Waals surface area contributed by atoms with Crippen LogP contribution in [0.2, 0.25) is 0 Å². The van der Waals surface area contributed by atoms with Crippen LogP contribution in [0.3, 0.4) is 0 Å². The number of aryl methyl sites for hydroxylation is 1. The highest BCUT2D eigenvalue weighted by Gasteiger charge is 2.14. The van der Waals surface area contributed by atoms with Crippen molar-refractivity contribution < 1.29 is 0 Å². The van der Waals surface area contributed by atoms with E-state index in [0.29, 0.717) is 0 Å². The molecule has 2 N–H and O–H groups in total.